The van der Waals surface area contributed by atoms with Gasteiger partial charge in [-0.15, -0.1) is 0 Å². The summed E-state index contributed by atoms with van der Waals surface area (Å²) < 4.78 is 5.99. The third kappa shape index (κ3) is 2.82. The Labute approximate surface area is 110 Å². The van der Waals surface area contributed by atoms with Crippen LogP contribution in [0.5, 0.6) is 0 Å². The summed E-state index contributed by atoms with van der Waals surface area (Å²) in [6.45, 7) is 1.90. The van der Waals surface area contributed by atoms with Crippen molar-refractivity contribution in [1.29, 1.82) is 0 Å². The summed E-state index contributed by atoms with van der Waals surface area (Å²) in [5.41, 5.74) is 0.896. The molecule has 84 valence electrons. The summed E-state index contributed by atoms with van der Waals surface area (Å²) in [6.07, 6.45) is 0. The molecule has 0 aliphatic heterocycles. The lowest BCUT2D eigenvalue weighted by molar-refractivity contribution is 0.279. The minimum atomic E-state index is 0.0273. The Morgan fingerprint density at radius 3 is 2.94 bits per heavy atom. The van der Waals surface area contributed by atoms with E-state index in [4.69, 9.17) is 0 Å². The highest BCUT2D eigenvalue weighted by molar-refractivity contribution is 9.10. The Morgan fingerprint density at radius 2 is 2.31 bits per heavy atom. The molecule has 0 saturated heterocycles. The summed E-state index contributed by atoms with van der Waals surface area (Å²) in [5.74, 6) is 0.787. The van der Waals surface area contributed by atoms with E-state index in [1.807, 2.05) is 25.1 Å². The van der Waals surface area contributed by atoms with E-state index in [1.54, 1.807) is 0 Å². The number of aryl methyl sites for hydroxylation is 1. The third-order valence-corrected chi connectivity index (χ3v) is 4.35. The van der Waals surface area contributed by atoms with Gasteiger partial charge in [0.2, 0.25) is 0 Å². The van der Waals surface area contributed by atoms with Crippen molar-refractivity contribution in [3.63, 3.8) is 0 Å². The van der Waals surface area contributed by atoms with Gasteiger partial charge in [0.05, 0.1) is 6.61 Å². The van der Waals surface area contributed by atoms with E-state index in [9.17, 15) is 5.11 Å². The van der Waals surface area contributed by atoms with Crippen molar-refractivity contribution in [3.8, 4) is 0 Å². The van der Waals surface area contributed by atoms with E-state index in [1.165, 1.54) is 23.3 Å². The fourth-order valence-electron chi connectivity index (χ4n) is 1.18. The summed E-state index contributed by atoms with van der Waals surface area (Å²) >= 11 is 6.29. The summed E-state index contributed by atoms with van der Waals surface area (Å²) in [7, 11) is 0. The highest BCUT2D eigenvalue weighted by Gasteiger charge is 2.07. The quantitative estimate of drug-likeness (QED) is 0.944. The van der Waals surface area contributed by atoms with Crippen molar-refractivity contribution in [2.75, 3.05) is 0 Å². The Morgan fingerprint density at radius 1 is 1.50 bits per heavy atom. The molecule has 3 nitrogen and oxygen atoms in total. The predicted octanol–water partition coefficient (Wildman–Crippen LogP) is 3.25. The molecule has 0 aliphatic carbocycles. The first kappa shape index (κ1) is 12.0. The highest BCUT2D eigenvalue weighted by Crippen LogP contribution is 2.32. The molecule has 0 saturated carbocycles. The predicted molar refractivity (Wildman–Crippen MR) is 68.8 cm³/mol. The summed E-state index contributed by atoms with van der Waals surface area (Å²) in [5, 5.41) is 9.26. The second kappa shape index (κ2) is 5.27. The molecule has 1 aromatic carbocycles. The number of hydrogen-bond acceptors (Lipinski definition) is 5. The first-order valence-electron chi connectivity index (χ1n) is 4.56. The van der Waals surface area contributed by atoms with Crippen LogP contribution in [-0.4, -0.2) is 14.5 Å². The van der Waals surface area contributed by atoms with Gasteiger partial charge < -0.3 is 5.11 Å². The van der Waals surface area contributed by atoms with Crippen LogP contribution in [0.4, 0.5) is 0 Å². The van der Waals surface area contributed by atoms with Gasteiger partial charge in [-0.05, 0) is 42.2 Å². The van der Waals surface area contributed by atoms with Gasteiger partial charge in [0.1, 0.15) is 5.82 Å². The van der Waals surface area contributed by atoms with E-state index >= 15 is 0 Å². The van der Waals surface area contributed by atoms with Crippen LogP contribution in [0.25, 0.3) is 0 Å². The molecule has 0 aliphatic rings. The van der Waals surface area contributed by atoms with Gasteiger partial charge in [-0.25, -0.2) is 4.98 Å². The zero-order valence-corrected chi connectivity index (χ0v) is 11.7. The van der Waals surface area contributed by atoms with E-state index in [0.29, 0.717) is 0 Å². The van der Waals surface area contributed by atoms with Crippen LogP contribution in [0.1, 0.15) is 11.4 Å². The Balaban J connectivity index is 2.27. The van der Waals surface area contributed by atoms with Crippen LogP contribution >= 0.6 is 39.2 Å². The van der Waals surface area contributed by atoms with Gasteiger partial charge in [-0.3, -0.25) is 0 Å². The van der Waals surface area contributed by atoms with E-state index in [0.717, 1.165) is 25.1 Å². The first-order valence-corrected chi connectivity index (χ1v) is 6.95. The smallest absolute Gasteiger partial charge is 0.174 e. The SMILES string of the molecule is Cc1nsc(Sc2ccc(Br)cc2CO)n1. The zero-order chi connectivity index (χ0) is 11.5. The van der Waals surface area contributed by atoms with Crippen molar-refractivity contribution >= 4 is 39.2 Å². The van der Waals surface area contributed by atoms with Crippen molar-refractivity contribution in [3.05, 3.63) is 34.1 Å². The van der Waals surface area contributed by atoms with Gasteiger partial charge in [0.25, 0.3) is 0 Å². The number of aromatic nitrogens is 2. The van der Waals surface area contributed by atoms with Crippen LogP contribution in [0.2, 0.25) is 0 Å². The number of halogens is 1. The minimum absolute atomic E-state index is 0.0273. The number of nitrogens with zero attached hydrogens (tertiary/aromatic N) is 2. The lowest BCUT2D eigenvalue weighted by Gasteiger charge is -2.04. The highest BCUT2D eigenvalue weighted by atomic mass is 79.9. The molecular formula is C10H9BrN2OS2. The lowest BCUT2D eigenvalue weighted by atomic mass is 10.2. The average molecular weight is 317 g/mol. The molecule has 0 amide bonds. The molecule has 1 heterocycles. The average Bonchev–Trinajstić information content (AvgIpc) is 2.67. The molecule has 1 N–H and O–H groups in total. The van der Waals surface area contributed by atoms with Crippen LogP contribution in [0, 0.1) is 6.92 Å². The molecule has 16 heavy (non-hydrogen) atoms. The Hall–Kier alpha value is -0.430. The first-order chi connectivity index (χ1) is 7.69. The number of benzene rings is 1. The van der Waals surface area contributed by atoms with Crippen molar-refractivity contribution < 1.29 is 5.11 Å². The molecule has 6 heteroatoms. The van der Waals surface area contributed by atoms with E-state index in [-0.39, 0.29) is 6.61 Å². The van der Waals surface area contributed by atoms with Gasteiger partial charge in [0, 0.05) is 9.37 Å². The molecule has 0 unspecified atom stereocenters. The molecule has 2 aromatic rings. The molecule has 2 rings (SSSR count). The Bertz CT molecular complexity index is 501. The van der Waals surface area contributed by atoms with Gasteiger partial charge in [-0.1, -0.05) is 27.7 Å². The second-order valence-electron chi connectivity index (χ2n) is 3.12. The fourth-order valence-corrected chi connectivity index (χ4v) is 3.30. The molecule has 0 spiro atoms. The molecule has 0 radical (unpaired) electrons. The fraction of sp³-hybridized carbons (Fsp3) is 0.200. The van der Waals surface area contributed by atoms with Crippen LogP contribution in [-0.2, 0) is 6.61 Å². The monoisotopic (exact) mass is 316 g/mol. The van der Waals surface area contributed by atoms with Crippen molar-refractivity contribution in [2.24, 2.45) is 0 Å². The summed E-state index contributed by atoms with van der Waals surface area (Å²) in [6, 6.07) is 5.84. The van der Waals surface area contributed by atoms with Crippen LogP contribution < -0.4 is 0 Å². The van der Waals surface area contributed by atoms with Crippen molar-refractivity contribution in [2.45, 2.75) is 22.8 Å². The van der Waals surface area contributed by atoms with E-state index in [2.05, 4.69) is 25.3 Å². The molecular weight excluding hydrogens is 308 g/mol. The summed E-state index contributed by atoms with van der Waals surface area (Å²) in [4.78, 5) is 5.30. The van der Waals surface area contributed by atoms with Crippen LogP contribution in [0.15, 0.2) is 31.9 Å². The normalized spacial score (nSPS) is 10.7. The standard InChI is InChI=1S/C10H9BrN2OS2/c1-6-12-10(16-13-6)15-9-3-2-8(11)4-7(9)5-14/h2-4,14H,5H2,1H3. The topological polar surface area (TPSA) is 46.0 Å². The van der Waals surface area contributed by atoms with Crippen molar-refractivity contribution in [1.82, 2.24) is 9.36 Å². The van der Waals surface area contributed by atoms with Gasteiger partial charge in [-0.2, -0.15) is 4.37 Å². The number of hydrogen-bond donors (Lipinski definition) is 1. The number of aliphatic hydroxyl groups excluding tert-OH is 1. The minimum Gasteiger partial charge on any atom is -0.392 e. The largest absolute Gasteiger partial charge is 0.392 e. The number of rotatable bonds is 3. The molecule has 1 aromatic heterocycles. The van der Waals surface area contributed by atoms with Gasteiger partial charge in [0.15, 0.2) is 4.34 Å². The molecule has 0 bridgehead atoms. The Kier molecular flexibility index (Phi) is 3.96. The number of aliphatic hydroxyl groups is 1. The maximum absolute atomic E-state index is 9.26. The molecule has 0 fully saturated rings. The third-order valence-electron chi connectivity index (χ3n) is 1.90. The maximum Gasteiger partial charge on any atom is 0.174 e. The maximum atomic E-state index is 9.26. The zero-order valence-electron chi connectivity index (χ0n) is 8.48. The van der Waals surface area contributed by atoms with Crippen LogP contribution in [0.3, 0.4) is 0 Å². The second-order valence-corrected chi connectivity index (χ2v) is 6.08. The van der Waals surface area contributed by atoms with Gasteiger partial charge >= 0.3 is 0 Å². The van der Waals surface area contributed by atoms with E-state index < -0.39 is 0 Å². The lowest BCUT2D eigenvalue weighted by Crippen LogP contribution is -1.87. The molecule has 0 atom stereocenters.